The van der Waals surface area contributed by atoms with Gasteiger partial charge in [0.25, 0.3) is 0 Å². The van der Waals surface area contributed by atoms with Gasteiger partial charge in [-0.3, -0.25) is 0 Å². The maximum atomic E-state index is 11.8. The Bertz CT molecular complexity index is 228. The molecule has 15 heavy (non-hydrogen) atoms. The fourth-order valence-corrected chi connectivity index (χ4v) is 2.07. The van der Waals surface area contributed by atoms with Crippen molar-refractivity contribution in [2.24, 2.45) is 0 Å². The molecular weight excluding hydrogens is 207 g/mol. The molecule has 1 saturated heterocycles. The highest BCUT2D eigenvalue weighted by molar-refractivity contribution is 6.04. The maximum absolute atomic E-state index is 11.8. The first-order valence-corrected chi connectivity index (χ1v) is 6.44. The van der Waals surface area contributed by atoms with Crippen LogP contribution in [0.4, 0.5) is 4.79 Å². The first-order chi connectivity index (χ1) is 6.88. The van der Waals surface area contributed by atoms with E-state index >= 15 is 0 Å². The molecule has 0 atom stereocenters. The van der Waals surface area contributed by atoms with Crippen LogP contribution >= 0.6 is 0 Å². The topological polar surface area (TPSA) is 32.8 Å². The van der Waals surface area contributed by atoms with E-state index < -0.39 is 0 Å². The number of ether oxygens (including phenoxy) is 1. The number of hydrogen-bond donors (Lipinski definition) is 0. The van der Waals surface area contributed by atoms with Crippen LogP contribution < -0.4 is 0 Å². The summed E-state index contributed by atoms with van der Waals surface area (Å²) in [5.74, 6) is 0. The Morgan fingerprint density at radius 2 is 1.87 bits per heavy atom. The summed E-state index contributed by atoms with van der Waals surface area (Å²) in [6.45, 7) is 9.45. The zero-order valence-electron chi connectivity index (χ0n) is 10.2. The van der Waals surface area contributed by atoms with Crippen molar-refractivity contribution in [2.75, 3.05) is 26.2 Å². The van der Waals surface area contributed by atoms with Crippen molar-refractivity contribution in [3.63, 3.8) is 0 Å². The fourth-order valence-electron chi connectivity index (χ4n) is 1.56. The van der Waals surface area contributed by atoms with Crippen LogP contribution in [0.1, 0.15) is 27.2 Å². The number of nitrogens with zero attached hydrogens (tertiary/aromatic N) is 2. The summed E-state index contributed by atoms with van der Waals surface area (Å²) in [4.78, 5) is 13.6. The lowest BCUT2D eigenvalue weighted by molar-refractivity contribution is 0.0260. The molecule has 0 radical (unpaired) electrons. The van der Waals surface area contributed by atoms with E-state index in [1.54, 1.807) is 0 Å². The van der Waals surface area contributed by atoms with Crippen molar-refractivity contribution in [3.8, 4) is 0 Å². The van der Waals surface area contributed by atoms with Gasteiger partial charge in [0.05, 0.1) is 0 Å². The van der Waals surface area contributed by atoms with Gasteiger partial charge in [0.2, 0.25) is 0 Å². The monoisotopic (exact) mass is 228 g/mol. The SMILES string of the molecule is CC(C)(C)OC(=O)N1CCC[N]([AlH2])CC1. The highest BCUT2D eigenvalue weighted by Gasteiger charge is 2.23. The Kier molecular flexibility index (Phi) is 4.45. The molecule has 0 aromatic rings. The van der Waals surface area contributed by atoms with Crippen molar-refractivity contribution in [2.45, 2.75) is 32.8 Å². The lowest BCUT2D eigenvalue weighted by atomic mass is 10.2. The van der Waals surface area contributed by atoms with Crippen molar-refractivity contribution in [1.29, 1.82) is 0 Å². The van der Waals surface area contributed by atoms with E-state index in [0.717, 1.165) is 49.1 Å². The van der Waals surface area contributed by atoms with E-state index in [2.05, 4.69) is 3.88 Å². The van der Waals surface area contributed by atoms with Crippen LogP contribution in [0.25, 0.3) is 0 Å². The molecule has 1 amide bonds. The minimum absolute atomic E-state index is 0.167. The summed E-state index contributed by atoms with van der Waals surface area (Å²) in [5.41, 5.74) is -0.385. The van der Waals surface area contributed by atoms with Gasteiger partial charge in [-0.05, 0) is 40.3 Å². The Balaban J connectivity index is 2.45. The highest BCUT2D eigenvalue weighted by atomic mass is 27.1. The van der Waals surface area contributed by atoms with Crippen LogP contribution in [0.2, 0.25) is 0 Å². The van der Waals surface area contributed by atoms with E-state index in [9.17, 15) is 4.79 Å². The molecule has 0 aromatic carbocycles. The smallest absolute Gasteiger partial charge is 0.410 e. The second kappa shape index (κ2) is 5.20. The number of hydrogen-bond acceptors (Lipinski definition) is 3. The third-order valence-corrected chi connectivity index (χ3v) is 3.27. The van der Waals surface area contributed by atoms with Gasteiger partial charge in [-0.15, -0.1) is 0 Å². The Morgan fingerprint density at radius 1 is 1.20 bits per heavy atom. The molecule has 1 aliphatic heterocycles. The van der Waals surface area contributed by atoms with Crippen LogP contribution in [0.15, 0.2) is 0 Å². The average Bonchev–Trinajstić information content (AvgIpc) is 2.26. The summed E-state index contributed by atoms with van der Waals surface area (Å²) < 4.78 is 7.73. The molecule has 4 nitrogen and oxygen atoms in total. The molecule has 0 bridgehead atoms. The van der Waals surface area contributed by atoms with Crippen LogP contribution in [0.5, 0.6) is 0 Å². The minimum atomic E-state index is -0.385. The average molecular weight is 228 g/mol. The van der Waals surface area contributed by atoms with E-state index in [-0.39, 0.29) is 11.7 Å². The van der Waals surface area contributed by atoms with E-state index in [4.69, 9.17) is 4.74 Å². The maximum Gasteiger partial charge on any atom is 0.410 e. The zero-order chi connectivity index (χ0) is 11.5. The second-order valence-electron chi connectivity index (χ2n) is 5.12. The zero-order valence-corrected chi connectivity index (χ0v) is 12.2. The number of rotatable bonds is 0. The third-order valence-electron chi connectivity index (χ3n) is 2.37. The van der Waals surface area contributed by atoms with Crippen LogP contribution in [-0.2, 0) is 4.74 Å². The minimum Gasteiger partial charge on any atom is -0.444 e. The summed E-state index contributed by atoms with van der Waals surface area (Å²) >= 11 is 1.08. The van der Waals surface area contributed by atoms with Gasteiger partial charge >= 0.3 is 22.6 Å². The lowest BCUT2D eigenvalue weighted by Gasteiger charge is -2.26. The van der Waals surface area contributed by atoms with Crippen molar-refractivity contribution < 1.29 is 9.53 Å². The van der Waals surface area contributed by atoms with Gasteiger partial charge in [-0.1, -0.05) is 0 Å². The quantitative estimate of drug-likeness (QED) is 0.565. The Labute approximate surface area is 100 Å². The predicted molar refractivity (Wildman–Crippen MR) is 62.5 cm³/mol. The molecule has 0 unspecified atom stereocenters. The normalized spacial score (nSPS) is 19.8. The Hall–Kier alpha value is -0.238. The van der Waals surface area contributed by atoms with Crippen molar-refractivity contribution >= 4 is 22.6 Å². The molecule has 0 N–H and O–H groups in total. The standard InChI is InChI=1S/C10H19N2O2.Al.2H/c1-10(2,3)14-9(13)12-7-4-5-11-6-8-12;;;/h4-8H2,1-3H3;;;/q-1;+1;;. The molecule has 86 valence electrons. The third kappa shape index (κ3) is 4.88. The van der Waals surface area contributed by atoms with E-state index in [1.807, 2.05) is 25.7 Å². The van der Waals surface area contributed by atoms with Gasteiger partial charge < -0.3 is 13.5 Å². The summed E-state index contributed by atoms with van der Waals surface area (Å²) in [6.07, 6.45) is 0.891. The number of carbonyl (C=O) groups excluding carboxylic acids is 1. The summed E-state index contributed by atoms with van der Waals surface area (Å²) in [6, 6.07) is 0. The van der Waals surface area contributed by atoms with Gasteiger partial charge in [0.1, 0.15) is 5.60 Å². The molecule has 0 saturated carbocycles. The number of carbonyl (C=O) groups is 1. The fraction of sp³-hybridized carbons (Fsp3) is 0.900. The van der Waals surface area contributed by atoms with Crippen LogP contribution in [-0.4, -0.2) is 63.2 Å². The first kappa shape index (κ1) is 12.8. The molecule has 5 heteroatoms. The first-order valence-electron chi connectivity index (χ1n) is 5.55. The van der Waals surface area contributed by atoms with E-state index in [0.29, 0.717) is 0 Å². The van der Waals surface area contributed by atoms with Crippen molar-refractivity contribution in [3.05, 3.63) is 0 Å². The Morgan fingerprint density at radius 3 is 2.47 bits per heavy atom. The van der Waals surface area contributed by atoms with Gasteiger partial charge in [0, 0.05) is 13.1 Å². The molecule has 1 aliphatic rings. The summed E-state index contributed by atoms with van der Waals surface area (Å²) in [7, 11) is 0. The predicted octanol–water partition coefficient (Wildman–Crippen LogP) is 0.477. The van der Waals surface area contributed by atoms with Gasteiger partial charge in [-0.25, -0.2) is 4.79 Å². The molecule has 1 rings (SSSR count). The second-order valence-corrected chi connectivity index (χ2v) is 6.39. The molecule has 1 heterocycles. The largest absolute Gasteiger partial charge is 0.444 e. The van der Waals surface area contributed by atoms with Crippen LogP contribution in [0.3, 0.4) is 0 Å². The van der Waals surface area contributed by atoms with E-state index in [1.165, 1.54) is 0 Å². The van der Waals surface area contributed by atoms with Gasteiger partial charge in [-0.2, -0.15) is 0 Å². The van der Waals surface area contributed by atoms with Crippen LogP contribution in [0, 0.1) is 0 Å². The molecule has 0 spiro atoms. The molecule has 0 aromatic heterocycles. The van der Waals surface area contributed by atoms with Gasteiger partial charge in [0.15, 0.2) is 0 Å². The number of amides is 1. The lowest BCUT2D eigenvalue weighted by Crippen LogP contribution is -2.38. The van der Waals surface area contributed by atoms with Crippen molar-refractivity contribution in [1.82, 2.24) is 8.78 Å². The highest BCUT2D eigenvalue weighted by Crippen LogP contribution is 2.11. The summed E-state index contributed by atoms with van der Waals surface area (Å²) in [5, 5.41) is 0. The molecular formula is C10H21AlN2O2. The molecule has 0 aliphatic carbocycles. The molecule has 1 fully saturated rings.